The van der Waals surface area contributed by atoms with Crippen molar-refractivity contribution in [3.63, 3.8) is 0 Å². The second-order valence-corrected chi connectivity index (χ2v) is 4.85. The van der Waals surface area contributed by atoms with Crippen molar-refractivity contribution in [2.24, 2.45) is 0 Å². The molecule has 1 aromatic carbocycles. The van der Waals surface area contributed by atoms with Gasteiger partial charge in [0, 0.05) is 25.7 Å². The van der Waals surface area contributed by atoms with Crippen molar-refractivity contribution in [3.05, 3.63) is 34.9 Å². The van der Waals surface area contributed by atoms with Crippen LogP contribution >= 0.6 is 11.6 Å². The number of methoxy groups -OCH3 is 1. The molecule has 5 heteroatoms. The zero-order valence-electron chi connectivity index (χ0n) is 12.9. The zero-order valence-corrected chi connectivity index (χ0v) is 13.7. The van der Waals surface area contributed by atoms with Crippen LogP contribution in [0.1, 0.15) is 19.4 Å². The van der Waals surface area contributed by atoms with Gasteiger partial charge in [-0.1, -0.05) is 17.7 Å². The Hall–Kier alpha value is -1.23. The number of ether oxygens (including phenoxy) is 3. The summed E-state index contributed by atoms with van der Waals surface area (Å²) in [6.45, 7) is 7.21. The van der Waals surface area contributed by atoms with Crippen LogP contribution in [0.15, 0.2) is 29.3 Å². The third-order valence-corrected chi connectivity index (χ3v) is 3.13. The number of rotatable bonds is 10. The van der Waals surface area contributed by atoms with Gasteiger partial charge in [0.15, 0.2) is 11.5 Å². The molecule has 0 amide bonds. The van der Waals surface area contributed by atoms with E-state index in [4.69, 9.17) is 25.8 Å². The molecular weight excluding hydrogens is 290 g/mol. The van der Waals surface area contributed by atoms with Gasteiger partial charge >= 0.3 is 0 Å². The average Bonchev–Trinajstić information content (AvgIpc) is 2.50. The average molecular weight is 314 g/mol. The zero-order chi connectivity index (χ0) is 15.5. The summed E-state index contributed by atoms with van der Waals surface area (Å²) in [5.41, 5.74) is 3.63. The minimum Gasteiger partial charge on any atom is -0.490 e. The van der Waals surface area contributed by atoms with Crippen molar-refractivity contribution < 1.29 is 14.2 Å². The molecule has 0 atom stereocenters. The lowest BCUT2D eigenvalue weighted by atomic mass is 10.2. The lowest BCUT2D eigenvalue weighted by Gasteiger charge is -2.14. The minimum absolute atomic E-state index is 0.453. The second-order valence-electron chi connectivity index (χ2n) is 4.63. The lowest BCUT2D eigenvalue weighted by molar-refractivity contribution is 0.199. The highest BCUT2D eigenvalue weighted by Crippen LogP contribution is 2.29. The molecule has 0 aliphatic carbocycles. The Kier molecular flexibility index (Phi) is 8.90. The summed E-state index contributed by atoms with van der Waals surface area (Å²) in [5.74, 6) is 1.49. The van der Waals surface area contributed by atoms with Crippen molar-refractivity contribution in [1.29, 1.82) is 0 Å². The van der Waals surface area contributed by atoms with E-state index >= 15 is 0 Å². The van der Waals surface area contributed by atoms with E-state index in [9.17, 15) is 0 Å². The third-order valence-electron chi connectivity index (χ3n) is 2.76. The first-order valence-electron chi connectivity index (χ1n) is 7.05. The number of hydrogen-bond donors (Lipinski definition) is 1. The van der Waals surface area contributed by atoms with Crippen molar-refractivity contribution in [3.8, 4) is 11.5 Å². The van der Waals surface area contributed by atoms with Crippen LogP contribution in [0.2, 0.25) is 0 Å². The van der Waals surface area contributed by atoms with Gasteiger partial charge in [-0.2, -0.15) is 0 Å². The molecule has 0 heterocycles. The van der Waals surface area contributed by atoms with Crippen LogP contribution in [0, 0.1) is 0 Å². The van der Waals surface area contributed by atoms with Crippen molar-refractivity contribution in [2.75, 3.05) is 33.5 Å². The monoisotopic (exact) mass is 313 g/mol. The molecule has 1 N–H and O–H groups in total. The van der Waals surface area contributed by atoms with Crippen LogP contribution in [-0.2, 0) is 11.3 Å². The minimum atomic E-state index is 0.453. The Bertz CT molecular complexity index is 449. The van der Waals surface area contributed by atoms with E-state index in [0.29, 0.717) is 19.8 Å². The molecule has 0 spiro atoms. The van der Waals surface area contributed by atoms with Crippen LogP contribution in [0.4, 0.5) is 0 Å². The molecular formula is C16H24ClNO3. The van der Waals surface area contributed by atoms with Gasteiger partial charge in [0.25, 0.3) is 0 Å². The molecule has 0 unspecified atom stereocenters. The summed E-state index contributed by atoms with van der Waals surface area (Å²) in [7, 11) is 1.69. The molecule has 4 nitrogen and oxygen atoms in total. The van der Waals surface area contributed by atoms with E-state index in [0.717, 1.165) is 35.7 Å². The standard InChI is InChI=1S/C16H24ClNO3/c1-4-20-16-9-14(11-18-7-8-19-3)5-6-15(16)21-12-13(2)10-17/h5-6,9-10,18H,4,7-8,11-12H2,1-3H3/b13-10+. The van der Waals surface area contributed by atoms with E-state index in [1.165, 1.54) is 5.54 Å². The normalized spacial score (nSPS) is 11.5. The molecule has 0 radical (unpaired) electrons. The molecule has 1 aromatic rings. The van der Waals surface area contributed by atoms with Crippen molar-refractivity contribution >= 4 is 11.6 Å². The van der Waals surface area contributed by atoms with Gasteiger partial charge in [0.2, 0.25) is 0 Å². The maximum atomic E-state index is 5.72. The molecule has 1 rings (SSSR count). The fraction of sp³-hybridized carbons (Fsp3) is 0.500. The molecule has 0 bridgehead atoms. The van der Waals surface area contributed by atoms with Crippen molar-refractivity contribution in [1.82, 2.24) is 5.32 Å². The van der Waals surface area contributed by atoms with Gasteiger partial charge in [-0.3, -0.25) is 0 Å². The Labute approximate surface area is 132 Å². The number of hydrogen-bond acceptors (Lipinski definition) is 4. The van der Waals surface area contributed by atoms with Crippen LogP contribution in [-0.4, -0.2) is 33.5 Å². The topological polar surface area (TPSA) is 39.7 Å². The van der Waals surface area contributed by atoms with Gasteiger partial charge in [-0.05, 0) is 37.1 Å². The fourth-order valence-corrected chi connectivity index (χ4v) is 1.74. The highest BCUT2D eigenvalue weighted by atomic mass is 35.5. The molecule has 0 aliphatic rings. The summed E-state index contributed by atoms with van der Waals surface area (Å²) in [4.78, 5) is 0. The first-order valence-corrected chi connectivity index (χ1v) is 7.49. The van der Waals surface area contributed by atoms with E-state index in [2.05, 4.69) is 5.32 Å². The SMILES string of the molecule is CCOc1cc(CNCCOC)ccc1OC/C(C)=C/Cl. The van der Waals surface area contributed by atoms with Gasteiger partial charge in [0.05, 0.1) is 13.2 Å². The fourth-order valence-electron chi connectivity index (χ4n) is 1.68. The maximum absolute atomic E-state index is 5.72. The summed E-state index contributed by atoms with van der Waals surface area (Å²) < 4.78 is 16.4. The van der Waals surface area contributed by atoms with Crippen LogP contribution < -0.4 is 14.8 Å². The number of benzene rings is 1. The smallest absolute Gasteiger partial charge is 0.161 e. The van der Waals surface area contributed by atoms with E-state index in [1.807, 2.05) is 32.0 Å². The molecule has 0 aliphatic heterocycles. The highest BCUT2D eigenvalue weighted by molar-refractivity contribution is 6.25. The van der Waals surface area contributed by atoms with E-state index in [-0.39, 0.29) is 0 Å². The van der Waals surface area contributed by atoms with E-state index in [1.54, 1.807) is 7.11 Å². The summed E-state index contributed by atoms with van der Waals surface area (Å²) in [5, 5.41) is 3.30. The highest BCUT2D eigenvalue weighted by Gasteiger charge is 2.07. The molecule has 0 saturated heterocycles. The van der Waals surface area contributed by atoms with Gasteiger partial charge < -0.3 is 19.5 Å². The number of halogens is 1. The predicted octanol–water partition coefficient (Wildman–Crippen LogP) is 3.34. The maximum Gasteiger partial charge on any atom is 0.161 e. The second kappa shape index (κ2) is 10.5. The quantitative estimate of drug-likeness (QED) is 0.673. The summed E-state index contributed by atoms with van der Waals surface area (Å²) in [6, 6.07) is 5.95. The van der Waals surface area contributed by atoms with Gasteiger partial charge in [-0.15, -0.1) is 0 Å². The van der Waals surface area contributed by atoms with Crippen molar-refractivity contribution in [2.45, 2.75) is 20.4 Å². The van der Waals surface area contributed by atoms with Crippen LogP contribution in [0.3, 0.4) is 0 Å². The number of nitrogens with one attached hydrogen (secondary N) is 1. The first kappa shape index (κ1) is 17.8. The molecule has 21 heavy (non-hydrogen) atoms. The Morgan fingerprint density at radius 1 is 1.29 bits per heavy atom. The molecule has 0 fully saturated rings. The van der Waals surface area contributed by atoms with Gasteiger partial charge in [-0.25, -0.2) is 0 Å². The largest absolute Gasteiger partial charge is 0.490 e. The van der Waals surface area contributed by atoms with Crippen LogP contribution in [0.5, 0.6) is 11.5 Å². The Balaban J connectivity index is 2.66. The molecule has 0 saturated carbocycles. The summed E-state index contributed by atoms with van der Waals surface area (Å²) >= 11 is 5.64. The Morgan fingerprint density at radius 3 is 2.76 bits per heavy atom. The summed E-state index contributed by atoms with van der Waals surface area (Å²) in [6.07, 6.45) is 0. The molecule has 0 aromatic heterocycles. The predicted molar refractivity (Wildman–Crippen MR) is 86.3 cm³/mol. The van der Waals surface area contributed by atoms with Gasteiger partial charge in [0.1, 0.15) is 6.61 Å². The first-order chi connectivity index (χ1) is 10.2. The van der Waals surface area contributed by atoms with Crippen LogP contribution in [0.25, 0.3) is 0 Å². The Morgan fingerprint density at radius 2 is 2.10 bits per heavy atom. The molecule has 118 valence electrons. The lowest BCUT2D eigenvalue weighted by Crippen LogP contribution is -2.18. The van der Waals surface area contributed by atoms with E-state index < -0.39 is 0 Å². The third kappa shape index (κ3) is 6.85.